The Balaban J connectivity index is 1.64. The first-order valence-electron chi connectivity index (χ1n) is 9.77. The lowest BCUT2D eigenvalue weighted by Crippen LogP contribution is -2.41. The van der Waals surface area contributed by atoms with E-state index in [1.165, 1.54) is 12.1 Å². The third kappa shape index (κ3) is 5.52. The van der Waals surface area contributed by atoms with Crippen LogP contribution in [0.4, 0.5) is 11.4 Å². The first kappa shape index (κ1) is 23.0. The number of carbonyl (C=O) groups is 1. The summed E-state index contributed by atoms with van der Waals surface area (Å²) in [5.41, 5.74) is 0.320. The fourth-order valence-electron chi connectivity index (χ4n) is 3.22. The van der Waals surface area contributed by atoms with Crippen LogP contribution in [0.3, 0.4) is 0 Å². The van der Waals surface area contributed by atoms with Crippen LogP contribution in [0, 0.1) is 17.0 Å². The van der Waals surface area contributed by atoms with Gasteiger partial charge >= 0.3 is 0 Å². The Labute approximate surface area is 185 Å². The van der Waals surface area contributed by atoms with Crippen molar-refractivity contribution in [1.29, 1.82) is 0 Å². The lowest BCUT2D eigenvalue weighted by atomic mass is 10.1. The highest BCUT2D eigenvalue weighted by atomic mass is 32.2. The van der Waals surface area contributed by atoms with Crippen molar-refractivity contribution in [2.45, 2.75) is 6.92 Å². The van der Waals surface area contributed by atoms with E-state index in [2.05, 4.69) is 5.32 Å². The van der Waals surface area contributed by atoms with Crippen molar-refractivity contribution in [3.63, 3.8) is 0 Å². The van der Waals surface area contributed by atoms with Crippen LogP contribution in [-0.2, 0) is 14.8 Å². The Kier molecular flexibility index (Phi) is 6.94. The van der Waals surface area contributed by atoms with Crippen molar-refractivity contribution in [3.8, 4) is 5.75 Å². The molecule has 0 radical (unpaired) electrons. The molecule has 0 saturated heterocycles. The minimum Gasteiger partial charge on any atom is -0.491 e. The molecular weight excluding hydrogens is 434 g/mol. The molecule has 3 rings (SSSR count). The van der Waals surface area contributed by atoms with Gasteiger partial charge < -0.3 is 10.1 Å². The molecule has 0 fully saturated rings. The Morgan fingerprint density at radius 3 is 2.56 bits per heavy atom. The van der Waals surface area contributed by atoms with Crippen molar-refractivity contribution >= 4 is 38.1 Å². The van der Waals surface area contributed by atoms with Gasteiger partial charge in [-0.3, -0.25) is 19.2 Å². The van der Waals surface area contributed by atoms with Gasteiger partial charge in [0.15, 0.2) is 0 Å². The smallest absolute Gasteiger partial charge is 0.271 e. The number of anilines is 1. The van der Waals surface area contributed by atoms with Gasteiger partial charge in [-0.05, 0) is 23.9 Å². The number of hydrogen-bond donors (Lipinski definition) is 1. The molecule has 1 N–H and O–H groups in total. The number of nitrogens with one attached hydrogen (secondary N) is 1. The number of rotatable bonds is 9. The molecular formula is C22H23N3O6S. The normalized spacial score (nSPS) is 11.2. The zero-order valence-electron chi connectivity index (χ0n) is 17.6. The summed E-state index contributed by atoms with van der Waals surface area (Å²) in [4.78, 5) is 22.9. The quantitative estimate of drug-likeness (QED) is 0.300. The molecule has 0 heterocycles. The van der Waals surface area contributed by atoms with Gasteiger partial charge in [-0.1, -0.05) is 42.5 Å². The summed E-state index contributed by atoms with van der Waals surface area (Å²) in [6, 6.07) is 17.3. The maximum atomic E-state index is 12.4. The average Bonchev–Trinajstić information content (AvgIpc) is 2.75. The zero-order chi connectivity index (χ0) is 23.3. The van der Waals surface area contributed by atoms with E-state index in [9.17, 15) is 23.3 Å². The predicted molar refractivity (Wildman–Crippen MR) is 122 cm³/mol. The topological polar surface area (TPSA) is 119 Å². The molecule has 0 saturated carbocycles. The number of hydrogen-bond acceptors (Lipinski definition) is 6. The van der Waals surface area contributed by atoms with E-state index < -0.39 is 27.4 Å². The van der Waals surface area contributed by atoms with Crippen LogP contribution in [0.15, 0.2) is 60.7 Å². The maximum Gasteiger partial charge on any atom is 0.271 e. The lowest BCUT2D eigenvalue weighted by Gasteiger charge is -2.23. The first-order valence-corrected chi connectivity index (χ1v) is 11.6. The Hall–Kier alpha value is -3.66. The third-order valence-electron chi connectivity index (χ3n) is 4.79. The number of amides is 1. The lowest BCUT2D eigenvalue weighted by molar-refractivity contribution is -0.384. The molecule has 0 aliphatic heterocycles. The molecule has 0 unspecified atom stereocenters. The predicted octanol–water partition coefficient (Wildman–Crippen LogP) is 3.02. The van der Waals surface area contributed by atoms with Crippen molar-refractivity contribution in [2.24, 2.45) is 0 Å². The SMILES string of the molecule is Cc1ccc([N+](=O)[O-])cc1N(CC(=O)NCCOc1cccc2ccccc12)S(C)(=O)=O. The van der Waals surface area contributed by atoms with Crippen LogP contribution in [0.2, 0.25) is 0 Å². The molecule has 0 atom stereocenters. The molecule has 0 aliphatic rings. The molecule has 9 nitrogen and oxygen atoms in total. The summed E-state index contributed by atoms with van der Waals surface area (Å²) in [5, 5.41) is 15.7. The molecule has 10 heteroatoms. The minimum absolute atomic E-state index is 0.0869. The minimum atomic E-state index is -3.86. The van der Waals surface area contributed by atoms with Crippen molar-refractivity contribution in [2.75, 3.05) is 30.3 Å². The van der Waals surface area contributed by atoms with Crippen LogP contribution in [-0.4, -0.2) is 45.2 Å². The second kappa shape index (κ2) is 9.65. The first-order chi connectivity index (χ1) is 15.2. The van der Waals surface area contributed by atoms with Crippen LogP contribution in [0.5, 0.6) is 5.75 Å². The van der Waals surface area contributed by atoms with Crippen molar-refractivity contribution < 1.29 is 22.9 Å². The van der Waals surface area contributed by atoms with E-state index >= 15 is 0 Å². The van der Waals surface area contributed by atoms with Gasteiger partial charge in [-0.15, -0.1) is 0 Å². The van der Waals surface area contributed by atoms with E-state index in [1.807, 2.05) is 42.5 Å². The number of carbonyl (C=O) groups excluding carboxylic acids is 1. The van der Waals surface area contributed by atoms with Gasteiger partial charge in [0.25, 0.3) is 5.69 Å². The second-order valence-corrected chi connectivity index (χ2v) is 9.08. The van der Waals surface area contributed by atoms with E-state index in [0.29, 0.717) is 11.3 Å². The number of aryl methyl sites for hydroxylation is 1. The molecule has 3 aromatic rings. The Bertz CT molecular complexity index is 1250. The van der Waals surface area contributed by atoms with Gasteiger partial charge in [-0.25, -0.2) is 8.42 Å². The van der Waals surface area contributed by atoms with Gasteiger partial charge in [0.1, 0.15) is 18.9 Å². The monoisotopic (exact) mass is 457 g/mol. The largest absolute Gasteiger partial charge is 0.491 e. The van der Waals surface area contributed by atoms with Crippen molar-refractivity contribution in [3.05, 3.63) is 76.3 Å². The average molecular weight is 458 g/mol. The Morgan fingerprint density at radius 2 is 1.84 bits per heavy atom. The van der Waals surface area contributed by atoms with Gasteiger partial charge in [0.2, 0.25) is 15.9 Å². The number of nitro benzene ring substituents is 1. The highest BCUT2D eigenvalue weighted by molar-refractivity contribution is 7.92. The highest BCUT2D eigenvalue weighted by Crippen LogP contribution is 2.27. The second-order valence-electron chi connectivity index (χ2n) is 7.17. The summed E-state index contributed by atoms with van der Waals surface area (Å²) in [6.07, 6.45) is 0.947. The fourth-order valence-corrected chi connectivity index (χ4v) is 4.13. The van der Waals surface area contributed by atoms with E-state index in [0.717, 1.165) is 27.4 Å². The number of nitrogens with zero attached hydrogens (tertiary/aromatic N) is 2. The molecule has 0 bridgehead atoms. The Morgan fingerprint density at radius 1 is 1.12 bits per heavy atom. The summed E-state index contributed by atoms with van der Waals surface area (Å²) in [7, 11) is -3.86. The number of nitro groups is 1. The number of sulfonamides is 1. The summed E-state index contributed by atoms with van der Waals surface area (Å²) in [6.45, 7) is 1.46. The fraction of sp³-hybridized carbons (Fsp3) is 0.227. The number of ether oxygens (including phenoxy) is 1. The van der Waals surface area contributed by atoms with Crippen LogP contribution >= 0.6 is 0 Å². The summed E-state index contributed by atoms with van der Waals surface area (Å²) >= 11 is 0. The van der Waals surface area contributed by atoms with Crippen LogP contribution in [0.25, 0.3) is 10.8 Å². The maximum absolute atomic E-state index is 12.4. The van der Waals surface area contributed by atoms with E-state index in [-0.39, 0.29) is 24.5 Å². The molecule has 32 heavy (non-hydrogen) atoms. The van der Waals surface area contributed by atoms with E-state index in [4.69, 9.17) is 4.74 Å². The van der Waals surface area contributed by atoms with Gasteiger partial charge in [-0.2, -0.15) is 0 Å². The van der Waals surface area contributed by atoms with Gasteiger partial charge in [0, 0.05) is 17.5 Å². The number of benzene rings is 3. The molecule has 168 valence electrons. The van der Waals surface area contributed by atoms with Gasteiger partial charge in [0.05, 0.1) is 23.4 Å². The van der Waals surface area contributed by atoms with Crippen molar-refractivity contribution in [1.82, 2.24) is 5.32 Å². The molecule has 3 aromatic carbocycles. The zero-order valence-corrected chi connectivity index (χ0v) is 18.5. The van der Waals surface area contributed by atoms with Crippen LogP contribution < -0.4 is 14.4 Å². The molecule has 0 aliphatic carbocycles. The van der Waals surface area contributed by atoms with Crippen LogP contribution in [0.1, 0.15) is 5.56 Å². The summed E-state index contributed by atoms with van der Waals surface area (Å²) < 4.78 is 31.2. The standard InChI is InChI=1S/C22H23N3O6S/c1-16-10-11-18(25(27)28)14-20(16)24(32(2,29)30)15-22(26)23-12-13-31-21-9-5-7-17-6-3-4-8-19(17)21/h3-11,14H,12-13,15H2,1-2H3,(H,23,26). The third-order valence-corrected chi connectivity index (χ3v) is 5.92. The number of fused-ring (bicyclic) bond motifs is 1. The highest BCUT2D eigenvalue weighted by Gasteiger charge is 2.24. The molecule has 0 spiro atoms. The summed E-state index contributed by atoms with van der Waals surface area (Å²) in [5.74, 6) is 0.130. The number of non-ortho nitro benzene ring substituents is 1. The molecule has 1 amide bonds. The molecule has 0 aromatic heterocycles. The van der Waals surface area contributed by atoms with E-state index in [1.54, 1.807) is 6.92 Å².